The van der Waals surface area contributed by atoms with Crippen LogP contribution in [0.3, 0.4) is 0 Å². The number of carbonyl (C=O) groups excluding carboxylic acids is 1. The molecule has 1 aliphatic heterocycles. The van der Waals surface area contributed by atoms with Crippen molar-refractivity contribution < 1.29 is 18.3 Å². The summed E-state index contributed by atoms with van der Waals surface area (Å²) in [7, 11) is 0. The summed E-state index contributed by atoms with van der Waals surface area (Å²) in [5.74, 6) is 1.13. The van der Waals surface area contributed by atoms with Crippen LogP contribution in [-0.2, 0) is 4.74 Å². The van der Waals surface area contributed by atoms with Gasteiger partial charge in [0, 0.05) is 12.0 Å². The maximum absolute atomic E-state index is 13.5. The van der Waals surface area contributed by atoms with Gasteiger partial charge in [0.2, 0.25) is 0 Å². The molecule has 1 aliphatic rings. The fourth-order valence-electron chi connectivity index (χ4n) is 1.76. The highest BCUT2D eigenvalue weighted by molar-refractivity contribution is 5.70. The van der Waals surface area contributed by atoms with Crippen LogP contribution >= 0.6 is 0 Å². The number of rotatable bonds is 2. The molecule has 0 aromatic heterocycles. The molecule has 2 atom stereocenters. The summed E-state index contributed by atoms with van der Waals surface area (Å²) in [4.78, 5) is 11.1. The lowest BCUT2D eigenvalue weighted by atomic mass is 10.00. The standard InChI is InChI=1S/C12H9F2NO2/c1-2-3-10-11(17-12(16)15-10)8-6-7(13)4-5-9(8)14/h1,4-6,10-11H,3H2,(H,15,16)/t10-,11+/m0/s1. The predicted molar refractivity (Wildman–Crippen MR) is 56.0 cm³/mol. The predicted octanol–water partition coefficient (Wildman–Crippen LogP) is 2.14. The molecular weight excluding hydrogens is 228 g/mol. The highest BCUT2D eigenvalue weighted by atomic mass is 19.1. The van der Waals surface area contributed by atoms with Crippen LogP contribution in [0, 0.1) is 24.0 Å². The van der Waals surface area contributed by atoms with Gasteiger partial charge in [-0.3, -0.25) is 0 Å². The van der Waals surface area contributed by atoms with Crippen LogP contribution < -0.4 is 5.32 Å². The van der Waals surface area contributed by atoms with Gasteiger partial charge in [-0.05, 0) is 18.2 Å². The van der Waals surface area contributed by atoms with Crippen LogP contribution in [0.1, 0.15) is 18.1 Å². The van der Waals surface area contributed by atoms with Gasteiger partial charge in [0.15, 0.2) is 6.10 Å². The zero-order valence-corrected chi connectivity index (χ0v) is 8.74. The summed E-state index contributed by atoms with van der Waals surface area (Å²) in [6.45, 7) is 0. The van der Waals surface area contributed by atoms with Crippen LogP contribution in [-0.4, -0.2) is 12.1 Å². The zero-order valence-electron chi connectivity index (χ0n) is 8.74. The molecule has 0 unspecified atom stereocenters. The Balaban J connectivity index is 2.34. The normalized spacial score (nSPS) is 22.8. The van der Waals surface area contributed by atoms with E-state index in [0.29, 0.717) is 0 Å². The second kappa shape index (κ2) is 4.42. The number of cyclic esters (lactones) is 1. The van der Waals surface area contributed by atoms with E-state index < -0.39 is 29.9 Å². The minimum Gasteiger partial charge on any atom is -0.439 e. The molecule has 1 aromatic rings. The molecule has 0 saturated carbocycles. The lowest BCUT2D eigenvalue weighted by molar-refractivity contribution is 0.130. The third-order valence-corrected chi connectivity index (χ3v) is 2.51. The van der Waals surface area contributed by atoms with E-state index in [2.05, 4.69) is 11.2 Å². The average molecular weight is 237 g/mol. The maximum Gasteiger partial charge on any atom is 0.408 e. The molecule has 2 rings (SSSR count). The Kier molecular flexibility index (Phi) is 2.96. The van der Waals surface area contributed by atoms with E-state index in [1.54, 1.807) is 0 Å². The Morgan fingerprint density at radius 2 is 2.24 bits per heavy atom. The SMILES string of the molecule is C#CC[C@@H]1NC(=O)O[C@@H]1c1cc(F)ccc1F. The molecule has 5 heteroatoms. The number of alkyl carbamates (subject to hydrolysis) is 1. The van der Waals surface area contributed by atoms with Gasteiger partial charge >= 0.3 is 6.09 Å². The van der Waals surface area contributed by atoms with Gasteiger partial charge in [-0.15, -0.1) is 12.3 Å². The molecule has 1 heterocycles. The van der Waals surface area contributed by atoms with Crippen molar-refractivity contribution in [3.63, 3.8) is 0 Å². The number of hydrogen-bond acceptors (Lipinski definition) is 2. The third-order valence-electron chi connectivity index (χ3n) is 2.51. The van der Waals surface area contributed by atoms with Gasteiger partial charge < -0.3 is 10.1 Å². The molecule has 17 heavy (non-hydrogen) atoms. The molecule has 1 amide bonds. The van der Waals surface area contributed by atoms with Gasteiger partial charge in [0.05, 0.1) is 6.04 Å². The number of hydrogen-bond donors (Lipinski definition) is 1. The van der Waals surface area contributed by atoms with E-state index in [9.17, 15) is 13.6 Å². The minimum atomic E-state index is -0.894. The van der Waals surface area contributed by atoms with Gasteiger partial charge in [0.1, 0.15) is 11.6 Å². The highest BCUT2D eigenvalue weighted by Crippen LogP contribution is 2.30. The van der Waals surface area contributed by atoms with Crippen molar-refractivity contribution in [3.05, 3.63) is 35.4 Å². The Morgan fingerprint density at radius 3 is 2.94 bits per heavy atom. The first kappa shape index (κ1) is 11.4. The van der Waals surface area contributed by atoms with Gasteiger partial charge in [-0.25, -0.2) is 13.6 Å². The van der Waals surface area contributed by atoms with Crippen LogP contribution in [0.4, 0.5) is 13.6 Å². The van der Waals surface area contributed by atoms with E-state index >= 15 is 0 Å². The summed E-state index contributed by atoms with van der Waals surface area (Å²) < 4.78 is 31.5. The Labute approximate surface area is 96.8 Å². The van der Waals surface area contributed by atoms with Gasteiger partial charge in [0.25, 0.3) is 0 Å². The summed E-state index contributed by atoms with van der Waals surface area (Å²) in [6, 6.07) is 2.45. The molecule has 0 bridgehead atoms. The summed E-state index contributed by atoms with van der Waals surface area (Å²) >= 11 is 0. The number of carbonyl (C=O) groups is 1. The number of terminal acetylenes is 1. The van der Waals surface area contributed by atoms with E-state index in [1.807, 2.05) is 0 Å². The number of benzene rings is 1. The number of halogens is 2. The first-order valence-electron chi connectivity index (χ1n) is 4.97. The minimum absolute atomic E-state index is 0.0106. The molecule has 88 valence electrons. The highest BCUT2D eigenvalue weighted by Gasteiger charge is 2.36. The molecule has 1 fully saturated rings. The van der Waals surface area contributed by atoms with Crippen molar-refractivity contribution in [2.24, 2.45) is 0 Å². The van der Waals surface area contributed by atoms with Crippen molar-refractivity contribution >= 4 is 6.09 Å². The molecule has 1 aromatic carbocycles. The largest absolute Gasteiger partial charge is 0.439 e. The van der Waals surface area contributed by atoms with E-state index in [0.717, 1.165) is 18.2 Å². The lowest BCUT2D eigenvalue weighted by Crippen LogP contribution is -2.27. The first-order valence-corrected chi connectivity index (χ1v) is 4.97. The molecule has 1 saturated heterocycles. The monoisotopic (exact) mass is 237 g/mol. The zero-order chi connectivity index (χ0) is 12.4. The lowest BCUT2D eigenvalue weighted by Gasteiger charge is -2.15. The summed E-state index contributed by atoms with van der Waals surface area (Å²) in [5, 5.41) is 2.46. The van der Waals surface area contributed by atoms with Gasteiger partial charge in [-0.2, -0.15) is 0 Å². The van der Waals surface area contributed by atoms with Crippen molar-refractivity contribution in [1.29, 1.82) is 0 Å². The van der Waals surface area contributed by atoms with Crippen LogP contribution in [0.25, 0.3) is 0 Å². The second-order valence-corrected chi connectivity index (χ2v) is 3.65. The quantitative estimate of drug-likeness (QED) is 0.800. The van der Waals surface area contributed by atoms with E-state index in [4.69, 9.17) is 11.2 Å². The number of amides is 1. The molecule has 0 spiro atoms. The third kappa shape index (κ3) is 2.21. The maximum atomic E-state index is 13.5. The Hall–Kier alpha value is -2.09. The summed E-state index contributed by atoms with van der Waals surface area (Å²) in [6.07, 6.45) is 3.75. The summed E-state index contributed by atoms with van der Waals surface area (Å²) in [5.41, 5.74) is -0.0106. The Morgan fingerprint density at radius 1 is 1.47 bits per heavy atom. The van der Waals surface area contributed by atoms with Crippen LogP contribution in [0.2, 0.25) is 0 Å². The Bertz CT molecular complexity index is 496. The van der Waals surface area contributed by atoms with Crippen molar-refractivity contribution in [2.45, 2.75) is 18.6 Å². The van der Waals surface area contributed by atoms with E-state index in [1.165, 1.54) is 0 Å². The number of nitrogens with one attached hydrogen (secondary N) is 1. The smallest absolute Gasteiger partial charge is 0.408 e. The van der Waals surface area contributed by atoms with Crippen LogP contribution in [0.15, 0.2) is 18.2 Å². The van der Waals surface area contributed by atoms with E-state index in [-0.39, 0.29) is 12.0 Å². The topological polar surface area (TPSA) is 38.3 Å². The van der Waals surface area contributed by atoms with Crippen molar-refractivity contribution in [2.75, 3.05) is 0 Å². The molecule has 3 nitrogen and oxygen atoms in total. The average Bonchev–Trinajstić information content (AvgIpc) is 2.64. The molecular formula is C12H9F2NO2. The molecule has 1 N–H and O–H groups in total. The van der Waals surface area contributed by atoms with Crippen molar-refractivity contribution in [1.82, 2.24) is 5.32 Å². The number of ether oxygens (including phenoxy) is 1. The van der Waals surface area contributed by atoms with Crippen LogP contribution in [0.5, 0.6) is 0 Å². The molecule has 0 radical (unpaired) electrons. The second-order valence-electron chi connectivity index (χ2n) is 3.65. The first-order chi connectivity index (χ1) is 8.11. The van der Waals surface area contributed by atoms with Gasteiger partial charge in [-0.1, -0.05) is 0 Å². The van der Waals surface area contributed by atoms with Crippen molar-refractivity contribution in [3.8, 4) is 12.3 Å². The fraction of sp³-hybridized carbons (Fsp3) is 0.250. The fourth-order valence-corrected chi connectivity index (χ4v) is 1.76. The molecule has 0 aliphatic carbocycles.